The summed E-state index contributed by atoms with van der Waals surface area (Å²) >= 11 is 5.59. The number of carbonyl (C=O) groups excluding carboxylic acids is 1. The van der Waals surface area contributed by atoms with Crippen molar-refractivity contribution < 1.29 is 19.0 Å². The molecule has 0 aliphatic heterocycles. The van der Waals surface area contributed by atoms with Crippen LogP contribution in [0.4, 0.5) is 4.39 Å². The molecule has 1 rings (SSSR count). The SMILES string of the molecule is CCCCC(C(=O)OC)C(O)c1ccc(Cl)c(F)c1. The first-order valence-electron chi connectivity index (χ1n) is 6.22. The second-order valence-electron chi connectivity index (χ2n) is 4.39. The van der Waals surface area contributed by atoms with Crippen LogP contribution in [0.5, 0.6) is 0 Å². The van der Waals surface area contributed by atoms with Crippen molar-refractivity contribution in [3.63, 3.8) is 0 Å². The van der Waals surface area contributed by atoms with Gasteiger partial charge in [-0.1, -0.05) is 37.4 Å². The van der Waals surface area contributed by atoms with Crippen molar-refractivity contribution in [3.8, 4) is 0 Å². The van der Waals surface area contributed by atoms with E-state index in [1.165, 1.54) is 19.2 Å². The van der Waals surface area contributed by atoms with Crippen LogP contribution in [0, 0.1) is 11.7 Å². The number of halogens is 2. The van der Waals surface area contributed by atoms with Crippen LogP contribution in [0.1, 0.15) is 37.9 Å². The zero-order valence-electron chi connectivity index (χ0n) is 11.0. The molecule has 0 bridgehead atoms. The lowest BCUT2D eigenvalue weighted by molar-refractivity contribution is -0.150. The molecular weight excluding hydrogens is 271 g/mol. The number of hydrogen-bond donors (Lipinski definition) is 1. The topological polar surface area (TPSA) is 46.5 Å². The van der Waals surface area contributed by atoms with E-state index in [-0.39, 0.29) is 5.02 Å². The summed E-state index contributed by atoms with van der Waals surface area (Å²) in [5, 5.41) is 10.2. The van der Waals surface area contributed by atoms with Crippen molar-refractivity contribution in [2.75, 3.05) is 7.11 Å². The molecule has 0 aliphatic rings. The van der Waals surface area contributed by atoms with Gasteiger partial charge in [0.05, 0.1) is 24.2 Å². The third-order valence-corrected chi connectivity index (χ3v) is 3.35. The maximum Gasteiger partial charge on any atom is 0.311 e. The average molecular weight is 289 g/mol. The molecule has 0 amide bonds. The third-order valence-electron chi connectivity index (χ3n) is 3.04. The Morgan fingerprint density at radius 3 is 2.74 bits per heavy atom. The normalized spacial score (nSPS) is 13.9. The molecule has 0 saturated heterocycles. The number of methoxy groups -OCH3 is 1. The summed E-state index contributed by atoms with van der Waals surface area (Å²) in [5.74, 6) is -1.79. The highest BCUT2D eigenvalue weighted by Crippen LogP contribution is 2.29. The molecule has 106 valence electrons. The highest BCUT2D eigenvalue weighted by molar-refractivity contribution is 6.30. The van der Waals surface area contributed by atoms with Crippen LogP contribution in [0.2, 0.25) is 5.02 Å². The van der Waals surface area contributed by atoms with E-state index in [1.807, 2.05) is 6.92 Å². The fourth-order valence-electron chi connectivity index (χ4n) is 1.91. The van der Waals surface area contributed by atoms with Crippen molar-refractivity contribution in [2.45, 2.75) is 32.3 Å². The van der Waals surface area contributed by atoms with E-state index in [1.54, 1.807) is 0 Å². The highest BCUT2D eigenvalue weighted by atomic mass is 35.5. The predicted octanol–water partition coefficient (Wildman–Crippen LogP) is 3.49. The zero-order valence-corrected chi connectivity index (χ0v) is 11.8. The molecule has 2 unspecified atom stereocenters. The van der Waals surface area contributed by atoms with Gasteiger partial charge in [0.1, 0.15) is 5.82 Å². The van der Waals surface area contributed by atoms with Gasteiger partial charge in [-0.3, -0.25) is 4.79 Å². The summed E-state index contributed by atoms with van der Waals surface area (Å²) in [6.07, 6.45) is 1.09. The van der Waals surface area contributed by atoms with Crippen molar-refractivity contribution in [3.05, 3.63) is 34.6 Å². The van der Waals surface area contributed by atoms with Gasteiger partial charge in [-0.15, -0.1) is 0 Å². The van der Waals surface area contributed by atoms with Crippen LogP contribution in [-0.2, 0) is 9.53 Å². The van der Waals surface area contributed by atoms with Crippen LogP contribution in [0.3, 0.4) is 0 Å². The second kappa shape index (κ2) is 7.46. The smallest absolute Gasteiger partial charge is 0.311 e. The Balaban J connectivity index is 2.93. The van der Waals surface area contributed by atoms with Crippen LogP contribution in [0.15, 0.2) is 18.2 Å². The minimum absolute atomic E-state index is 0.0147. The van der Waals surface area contributed by atoms with E-state index in [4.69, 9.17) is 11.6 Å². The maximum atomic E-state index is 13.4. The second-order valence-corrected chi connectivity index (χ2v) is 4.80. The van der Waals surface area contributed by atoms with Crippen molar-refractivity contribution in [1.29, 1.82) is 0 Å². The van der Waals surface area contributed by atoms with Gasteiger partial charge in [0, 0.05) is 0 Å². The summed E-state index contributed by atoms with van der Waals surface area (Å²) in [4.78, 5) is 11.7. The number of esters is 1. The molecule has 2 atom stereocenters. The van der Waals surface area contributed by atoms with Gasteiger partial charge >= 0.3 is 5.97 Å². The van der Waals surface area contributed by atoms with E-state index >= 15 is 0 Å². The molecule has 3 nitrogen and oxygen atoms in total. The van der Waals surface area contributed by atoms with E-state index in [9.17, 15) is 14.3 Å². The molecule has 1 aromatic rings. The minimum Gasteiger partial charge on any atom is -0.469 e. The van der Waals surface area contributed by atoms with Gasteiger partial charge in [0.15, 0.2) is 0 Å². The number of aliphatic hydroxyl groups excluding tert-OH is 1. The molecule has 0 saturated carbocycles. The fraction of sp³-hybridized carbons (Fsp3) is 0.500. The van der Waals surface area contributed by atoms with Crippen LogP contribution in [-0.4, -0.2) is 18.2 Å². The molecule has 0 aromatic heterocycles. The molecule has 19 heavy (non-hydrogen) atoms. The van der Waals surface area contributed by atoms with Crippen LogP contribution in [0.25, 0.3) is 0 Å². The Hall–Kier alpha value is -1.13. The van der Waals surface area contributed by atoms with Crippen molar-refractivity contribution in [1.82, 2.24) is 0 Å². The number of rotatable bonds is 6. The van der Waals surface area contributed by atoms with Gasteiger partial charge in [0.25, 0.3) is 0 Å². The van der Waals surface area contributed by atoms with Crippen molar-refractivity contribution in [2.24, 2.45) is 5.92 Å². The maximum absolute atomic E-state index is 13.4. The quantitative estimate of drug-likeness (QED) is 0.815. The van der Waals surface area contributed by atoms with E-state index in [0.717, 1.165) is 18.9 Å². The largest absolute Gasteiger partial charge is 0.469 e. The highest BCUT2D eigenvalue weighted by Gasteiger charge is 2.28. The Morgan fingerprint density at radius 2 is 2.21 bits per heavy atom. The molecular formula is C14H18ClFO3. The van der Waals surface area contributed by atoms with Gasteiger partial charge in [-0.25, -0.2) is 4.39 Å². The Labute approximate surface area is 117 Å². The number of ether oxygens (including phenoxy) is 1. The number of carbonyl (C=O) groups is 1. The number of aliphatic hydroxyl groups is 1. The Kier molecular flexibility index (Phi) is 6.25. The lowest BCUT2D eigenvalue weighted by Gasteiger charge is -2.21. The fourth-order valence-corrected chi connectivity index (χ4v) is 2.03. The van der Waals surface area contributed by atoms with Crippen molar-refractivity contribution >= 4 is 17.6 Å². The van der Waals surface area contributed by atoms with Gasteiger partial charge < -0.3 is 9.84 Å². The van der Waals surface area contributed by atoms with E-state index in [2.05, 4.69) is 4.74 Å². The van der Waals surface area contributed by atoms with Crippen LogP contribution >= 0.6 is 11.6 Å². The molecule has 0 spiro atoms. The predicted molar refractivity (Wildman–Crippen MR) is 71.4 cm³/mol. The summed E-state index contributed by atoms with van der Waals surface area (Å²) in [6, 6.07) is 4.02. The van der Waals surface area contributed by atoms with Gasteiger partial charge in [-0.05, 0) is 24.1 Å². The lowest BCUT2D eigenvalue weighted by atomic mass is 9.91. The Morgan fingerprint density at radius 1 is 1.53 bits per heavy atom. The zero-order chi connectivity index (χ0) is 14.4. The molecule has 0 heterocycles. The summed E-state index contributed by atoms with van der Waals surface area (Å²) in [5.41, 5.74) is 0.327. The monoisotopic (exact) mass is 288 g/mol. The molecule has 1 N–H and O–H groups in total. The lowest BCUT2D eigenvalue weighted by Crippen LogP contribution is -2.23. The summed E-state index contributed by atoms with van der Waals surface area (Å²) in [7, 11) is 1.27. The first-order valence-corrected chi connectivity index (χ1v) is 6.59. The molecule has 0 aliphatic carbocycles. The average Bonchev–Trinajstić information content (AvgIpc) is 2.41. The molecule has 1 aromatic carbocycles. The van der Waals surface area contributed by atoms with Crippen LogP contribution < -0.4 is 0 Å². The summed E-state index contributed by atoms with van der Waals surface area (Å²) < 4.78 is 18.1. The number of hydrogen-bond acceptors (Lipinski definition) is 3. The standard InChI is InChI=1S/C14H18ClFO3/c1-3-4-5-10(14(18)19-2)13(17)9-6-7-11(15)12(16)8-9/h6-8,10,13,17H,3-5H2,1-2H3. The minimum atomic E-state index is -1.09. The first-order chi connectivity index (χ1) is 9.01. The first kappa shape index (κ1) is 15.9. The molecule has 0 radical (unpaired) electrons. The number of benzene rings is 1. The molecule has 5 heteroatoms. The van der Waals surface area contributed by atoms with Gasteiger partial charge in [0.2, 0.25) is 0 Å². The summed E-state index contributed by atoms with van der Waals surface area (Å²) in [6.45, 7) is 1.99. The molecule has 0 fully saturated rings. The Bertz CT molecular complexity index is 437. The number of unbranched alkanes of at least 4 members (excludes halogenated alkanes) is 1. The van der Waals surface area contributed by atoms with Gasteiger partial charge in [-0.2, -0.15) is 0 Å². The van der Waals surface area contributed by atoms with E-state index in [0.29, 0.717) is 12.0 Å². The third kappa shape index (κ3) is 4.18. The van der Waals surface area contributed by atoms with E-state index < -0.39 is 23.8 Å².